The minimum atomic E-state index is 0.0384. The normalized spacial score (nSPS) is 32.1. The van der Waals surface area contributed by atoms with Crippen LogP contribution in [0.25, 0.3) is 0 Å². The molecule has 3 rings (SSSR count). The van der Waals surface area contributed by atoms with Crippen LogP contribution in [0.4, 0.5) is 0 Å². The van der Waals surface area contributed by atoms with Gasteiger partial charge in [0, 0.05) is 10.6 Å². The average Bonchev–Trinajstić information content (AvgIpc) is 2.95. The van der Waals surface area contributed by atoms with Gasteiger partial charge in [-0.2, -0.15) is 0 Å². The van der Waals surface area contributed by atoms with Crippen molar-refractivity contribution in [1.29, 1.82) is 0 Å². The lowest BCUT2D eigenvalue weighted by Gasteiger charge is -2.21. The molecule has 2 fully saturated rings. The van der Waals surface area contributed by atoms with Crippen molar-refractivity contribution in [1.82, 2.24) is 0 Å². The molecule has 0 bridgehead atoms. The number of rotatable bonds is 3. The Hall–Kier alpha value is -0.400. The van der Waals surface area contributed by atoms with Crippen LogP contribution in [0.3, 0.4) is 0 Å². The van der Waals surface area contributed by atoms with Gasteiger partial charge in [0.1, 0.15) is 5.75 Å². The van der Waals surface area contributed by atoms with Crippen molar-refractivity contribution in [2.24, 2.45) is 17.8 Å². The van der Waals surface area contributed by atoms with Gasteiger partial charge in [-0.05, 0) is 55.2 Å². The second-order valence-electron chi connectivity index (χ2n) is 5.28. The summed E-state index contributed by atoms with van der Waals surface area (Å²) in [5.41, 5.74) is 1.05. The molecule has 0 radical (unpaired) electrons. The lowest BCUT2D eigenvalue weighted by Crippen LogP contribution is -2.07. The summed E-state index contributed by atoms with van der Waals surface area (Å²) in [6.45, 7) is 0. The lowest BCUT2D eigenvalue weighted by molar-refractivity contribution is 0.398. The zero-order chi connectivity index (χ0) is 12.0. The Balaban J connectivity index is 1.84. The Morgan fingerprint density at radius 3 is 2.59 bits per heavy atom. The Kier molecular flexibility index (Phi) is 3.00. The fourth-order valence-electron chi connectivity index (χ4n) is 3.18. The van der Waals surface area contributed by atoms with Crippen LogP contribution in [-0.2, 0) is 0 Å². The first-order valence-corrected chi connectivity index (χ1v) is 6.98. The highest BCUT2D eigenvalue weighted by molar-refractivity contribution is 6.31. The molecule has 0 saturated heterocycles. The number of methoxy groups -OCH3 is 1. The molecule has 2 aliphatic rings. The van der Waals surface area contributed by atoms with E-state index in [0.717, 1.165) is 28.2 Å². The number of halogens is 2. The standard InChI is InChI=1S/C14H16Cl2O/c1-17-13-3-2-11(15)7-12(13)14(16)10-5-8-4-9(8)6-10/h2-3,7-10,14H,4-6H2,1H3. The first-order valence-electron chi connectivity index (χ1n) is 6.16. The summed E-state index contributed by atoms with van der Waals surface area (Å²) < 4.78 is 5.38. The van der Waals surface area contributed by atoms with Gasteiger partial charge in [0.2, 0.25) is 0 Å². The molecule has 3 heteroatoms. The highest BCUT2D eigenvalue weighted by Crippen LogP contribution is 2.58. The molecular formula is C14H16Cl2O. The number of ether oxygens (including phenoxy) is 1. The maximum absolute atomic E-state index is 6.62. The monoisotopic (exact) mass is 270 g/mol. The number of hydrogen-bond acceptors (Lipinski definition) is 1. The Bertz CT molecular complexity index is 422. The van der Waals surface area contributed by atoms with Gasteiger partial charge in [0.15, 0.2) is 0 Å². The van der Waals surface area contributed by atoms with Crippen molar-refractivity contribution in [3.63, 3.8) is 0 Å². The van der Waals surface area contributed by atoms with Gasteiger partial charge in [-0.3, -0.25) is 0 Å². The summed E-state index contributed by atoms with van der Waals surface area (Å²) in [5.74, 6) is 3.35. The van der Waals surface area contributed by atoms with Gasteiger partial charge in [-0.25, -0.2) is 0 Å². The molecule has 0 N–H and O–H groups in total. The summed E-state index contributed by atoms with van der Waals surface area (Å²) >= 11 is 12.7. The first-order chi connectivity index (χ1) is 8.19. The van der Waals surface area contributed by atoms with E-state index in [4.69, 9.17) is 27.9 Å². The second-order valence-corrected chi connectivity index (χ2v) is 6.18. The molecule has 0 amide bonds. The van der Waals surface area contributed by atoms with Gasteiger partial charge < -0.3 is 4.74 Å². The van der Waals surface area contributed by atoms with Gasteiger partial charge in [0.25, 0.3) is 0 Å². The zero-order valence-corrected chi connectivity index (χ0v) is 11.3. The van der Waals surface area contributed by atoms with Crippen LogP contribution in [0.5, 0.6) is 5.75 Å². The SMILES string of the molecule is COc1ccc(Cl)cc1C(Cl)C1CC2CC2C1. The summed E-state index contributed by atoms with van der Waals surface area (Å²) in [6, 6.07) is 5.70. The van der Waals surface area contributed by atoms with Gasteiger partial charge in [-0.1, -0.05) is 11.6 Å². The van der Waals surface area contributed by atoms with E-state index in [1.54, 1.807) is 7.11 Å². The molecule has 92 valence electrons. The van der Waals surface area contributed by atoms with Crippen LogP contribution in [0, 0.1) is 17.8 Å². The Morgan fingerprint density at radius 1 is 1.24 bits per heavy atom. The van der Waals surface area contributed by atoms with E-state index in [-0.39, 0.29) is 5.38 Å². The first kappa shape index (κ1) is 11.7. The molecule has 0 aromatic heterocycles. The van der Waals surface area contributed by atoms with Crippen molar-refractivity contribution in [3.05, 3.63) is 28.8 Å². The molecule has 1 aromatic carbocycles. The van der Waals surface area contributed by atoms with Gasteiger partial charge >= 0.3 is 0 Å². The van der Waals surface area contributed by atoms with E-state index in [1.807, 2.05) is 18.2 Å². The summed E-state index contributed by atoms with van der Waals surface area (Å²) in [6.07, 6.45) is 3.97. The van der Waals surface area contributed by atoms with Crippen molar-refractivity contribution in [2.45, 2.75) is 24.6 Å². The fourth-order valence-corrected chi connectivity index (χ4v) is 3.73. The number of alkyl halides is 1. The molecular weight excluding hydrogens is 255 g/mol. The number of benzene rings is 1. The smallest absolute Gasteiger partial charge is 0.123 e. The van der Waals surface area contributed by atoms with Crippen molar-refractivity contribution >= 4 is 23.2 Å². The molecule has 0 heterocycles. The molecule has 1 aromatic rings. The highest BCUT2D eigenvalue weighted by Gasteiger charge is 2.48. The molecule has 0 aliphatic heterocycles. The largest absolute Gasteiger partial charge is 0.496 e. The minimum Gasteiger partial charge on any atom is -0.496 e. The average molecular weight is 271 g/mol. The third-order valence-electron chi connectivity index (χ3n) is 4.18. The van der Waals surface area contributed by atoms with Crippen molar-refractivity contribution < 1.29 is 4.74 Å². The van der Waals surface area contributed by atoms with E-state index in [1.165, 1.54) is 19.3 Å². The van der Waals surface area contributed by atoms with E-state index in [0.29, 0.717) is 5.92 Å². The number of hydrogen-bond donors (Lipinski definition) is 0. The van der Waals surface area contributed by atoms with E-state index < -0.39 is 0 Å². The minimum absolute atomic E-state index is 0.0384. The zero-order valence-electron chi connectivity index (χ0n) is 9.83. The summed E-state index contributed by atoms with van der Waals surface area (Å²) in [5, 5.41) is 0.769. The predicted molar refractivity (Wildman–Crippen MR) is 70.9 cm³/mol. The third kappa shape index (κ3) is 2.15. The molecule has 2 aliphatic carbocycles. The van der Waals surface area contributed by atoms with E-state index in [2.05, 4.69) is 0 Å². The van der Waals surface area contributed by atoms with Crippen LogP contribution >= 0.6 is 23.2 Å². The fraction of sp³-hybridized carbons (Fsp3) is 0.571. The number of fused-ring (bicyclic) bond motifs is 1. The van der Waals surface area contributed by atoms with Crippen molar-refractivity contribution in [2.75, 3.05) is 7.11 Å². The van der Waals surface area contributed by atoms with Gasteiger partial charge in [-0.15, -0.1) is 11.6 Å². The quantitative estimate of drug-likeness (QED) is 0.725. The lowest BCUT2D eigenvalue weighted by atomic mass is 9.93. The van der Waals surface area contributed by atoms with Crippen LogP contribution in [0.15, 0.2) is 18.2 Å². The molecule has 3 atom stereocenters. The van der Waals surface area contributed by atoms with Gasteiger partial charge in [0.05, 0.1) is 12.5 Å². The molecule has 17 heavy (non-hydrogen) atoms. The third-order valence-corrected chi connectivity index (χ3v) is 5.01. The van der Waals surface area contributed by atoms with Crippen LogP contribution in [-0.4, -0.2) is 7.11 Å². The maximum Gasteiger partial charge on any atom is 0.123 e. The molecule has 2 saturated carbocycles. The van der Waals surface area contributed by atoms with Crippen LogP contribution in [0.1, 0.15) is 30.2 Å². The molecule has 3 unspecified atom stereocenters. The van der Waals surface area contributed by atoms with Crippen molar-refractivity contribution in [3.8, 4) is 5.75 Å². The van der Waals surface area contributed by atoms with Crippen LogP contribution < -0.4 is 4.74 Å². The topological polar surface area (TPSA) is 9.23 Å². The summed E-state index contributed by atoms with van der Waals surface area (Å²) in [7, 11) is 1.68. The maximum atomic E-state index is 6.62. The second kappa shape index (κ2) is 4.37. The summed E-state index contributed by atoms with van der Waals surface area (Å²) in [4.78, 5) is 0. The highest BCUT2D eigenvalue weighted by atomic mass is 35.5. The molecule has 1 nitrogen and oxygen atoms in total. The predicted octanol–water partition coefficient (Wildman–Crippen LogP) is 4.67. The Labute approximate surface area is 112 Å². The van der Waals surface area contributed by atoms with E-state index >= 15 is 0 Å². The Morgan fingerprint density at radius 2 is 1.94 bits per heavy atom. The van der Waals surface area contributed by atoms with Crippen LogP contribution in [0.2, 0.25) is 5.02 Å². The molecule has 0 spiro atoms. The van der Waals surface area contributed by atoms with E-state index in [9.17, 15) is 0 Å².